The monoisotopic (exact) mass is 240 g/mol. The molecule has 2 aliphatic heterocycles. The molecule has 0 spiro atoms. The molecule has 2 unspecified atom stereocenters. The average molecular weight is 240 g/mol. The van der Waals surface area contributed by atoms with Gasteiger partial charge < -0.3 is 10.1 Å². The first kappa shape index (κ1) is 13.3. The van der Waals surface area contributed by atoms with Crippen molar-refractivity contribution < 1.29 is 4.74 Å². The predicted molar refractivity (Wildman–Crippen MR) is 71.3 cm³/mol. The largest absolute Gasteiger partial charge is 0.375 e. The van der Waals surface area contributed by atoms with Crippen molar-refractivity contribution in [2.75, 3.05) is 32.8 Å². The summed E-state index contributed by atoms with van der Waals surface area (Å²) in [6.07, 6.45) is 3.78. The average Bonchev–Trinajstić information content (AvgIpc) is 2.73. The Morgan fingerprint density at radius 1 is 1.35 bits per heavy atom. The third-order valence-corrected chi connectivity index (χ3v) is 4.19. The van der Waals surface area contributed by atoms with E-state index in [0.717, 1.165) is 25.1 Å². The van der Waals surface area contributed by atoms with Gasteiger partial charge in [-0.2, -0.15) is 0 Å². The molecule has 0 aromatic carbocycles. The molecule has 0 bridgehead atoms. The van der Waals surface area contributed by atoms with Crippen molar-refractivity contribution in [1.82, 2.24) is 10.2 Å². The van der Waals surface area contributed by atoms with Gasteiger partial charge in [-0.25, -0.2) is 0 Å². The Kier molecular flexibility index (Phi) is 4.45. The minimum atomic E-state index is 0.0860. The molecule has 2 aliphatic rings. The highest BCUT2D eigenvalue weighted by molar-refractivity contribution is 4.88. The number of likely N-dealkylation sites (tertiary alicyclic amines) is 1. The van der Waals surface area contributed by atoms with Crippen LogP contribution in [-0.4, -0.2) is 49.3 Å². The van der Waals surface area contributed by atoms with Gasteiger partial charge in [0.1, 0.15) is 0 Å². The number of ether oxygens (including phenoxy) is 1. The summed E-state index contributed by atoms with van der Waals surface area (Å²) >= 11 is 0. The molecule has 0 aliphatic carbocycles. The Morgan fingerprint density at radius 2 is 2.18 bits per heavy atom. The molecule has 1 N–H and O–H groups in total. The zero-order chi connectivity index (χ0) is 12.3. The summed E-state index contributed by atoms with van der Waals surface area (Å²) in [5.74, 6) is 0.862. The maximum Gasteiger partial charge on any atom is 0.0641 e. The van der Waals surface area contributed by atoms with Gasteiger partial charge in [-0.3, -0.25) is 4.90 Å². The number of rotatable bonds is 4. The van der Waals surface area contributed by atoms with Gasteiger partial charge in [0.25, 0.3) is 0 Å². The minimum absolute atomic E-state index is 0.0860. The van der Waals surface area contributed by atoms with Crippen LogP contribution in [0.25, 0.3) is 0 Å². The van der Waals surface area contributed by atoms with E-state index in [1.54, 1.807) is 0 Å². The molecule has 0 aromatic rings. The second-order valence-electron chi connectivity index (χ2n) is 6.21. The van der Waals surface area contributed by atoms with Crippen molar-refractivity contribution in [2.45, 2.75) is 51.7 Å². The highest BCUT2D eigenvalue weighted by Crippen LogP contribution is 2.30. The first-order valence-corrected chi connectivity index (χ1v) is 7.19. The molecule has 0 amide bonds. The van der Waals surface area contributed by atoms with E-state index in [4.69, 9.17) is 4.74 Å². The Bertz CT molecular complexity index is 242. The molecule has 2 saturated heterocycles. The summed E-state index contributed by atoms with van der Waals surface area (Å²) in [6, 6.07) is 0.755. The maximum absolute atomic E-state index is 5.81. The van der Waals surface area contributed by atoms with Crippen molar-refractivity contribution in [3.63, 3.8) is 0 Å². The molecule has 3 nitrogen and oxygen atoms in total. The van der Waals surface area contributed by atoms with Crippen LogP contribution >= 0.6 is 0 Å². The Balaban J connectivity index is 1.79. The number of nitrogens with zero attached hydrogens (tertiary/aromatic N) is 1. The number of nitrogens with one attached hydrogen (secondary N) is 1. The van der Waals surface area contributed by atoms with Crippen LogP contribution in [0.1, 0.15) is 40.0 Å². The molecule has 0 radical (unpaired) electrons. The summed E-state index contributed by atoms with van der Waals surface area (Å²) in [7, 11) is 0. The molecule has 100 valence electrons. The molecule has 2 heterocycles. The van der Waals surface area contributed by atoms with Crippen LogP contribution in [0.3, 0.4) is 0 Å². The molecular formula is C14H28N2O. The van der Waals surface area contributed by atoms with Crippen LogP contribution < -0.4 is 5.32 Å². The molecule has 3 heteroatoms. The van der Waals surface area contributed by atoms with Crippen LogP contribution in [0.5, 0.6) is 0 Å². The van der Waals surface area contributed by atoms with Crippen molar-refractivity contribution in [3.05, 3.63) is 0 Å². The van der Waals surface area contributed by atoms with Crippen LogP contribution in [0, 0.1) is 5.92 Å². The Labute approximate surface area is 106 Å². The molecular weight excluding hydrogens is 212 g/mol. The van der Waals surface area contributed by atoms with Crippen molar-refractivity contribution >= 4 is 0 Å². The number of hydrogen-bond donors (Lipinski definition) is 1. The first-order valence-electron chi connectivity index (χ1n) is 7.19. The van der Waals surface area contributed by atoms with E-state index in [1.165, 1.54) is 38.9 Å². The lowest BCUT2D eigenvalue weighted by Gasteiger charge is -2.40. The van der Waals surface area contributed by atoms with Gasteiger partial charge in [0.05, 0.1) is 5.60 Å². The third-order valence-electron chi connectivity index (χ3n) is 4.19. The third kappa shape index (κ3) is 3.67. The van der Waals surface area contributed by atoms with Gasteiger partial charge in [0.15, 0.2) is 0 Å². The normalized spacial score (nSPS) is 34.1. The second kappa shape index (κ2) is 5.68. The van der Waals surface area contributed by atoms with Crippen molar-refractivity contribution in [3.8, 4) is 0 Å². The van der Waals surface area contributed by atoms with Crippen molar-refractivity contribution in [2.24, 2.45) is 5.92 Å². The van der Waals surface area contributed by atoms with E-state index in [1.807, 2.05) is 0 Å². The number of hydrogen-bond acceptors (Lipinski definition) is 3. The minimum Gasteiger partial charge on any atom is -0.375 e. The van der Waals surface area contributed by atoms with Gasteiger partial charge in [0.2, 0.25) is 0 Å². The lowest BCUT2D eigenvalue weighted by atomic mass is 9.93. The van der Waals surface area contributed by atoms with Gasteiger partial charge in [-0.15, -0.1) is 0 Å². The van der Waals surface area contributed by atoms with Crippen LogP contribution in [-0.2, 0) is 4.74 Å². The van der Waals surface area contributed by atoms with E-state index >= 15 is 0 Å². The summed E-state index contributed by atoms with van der Waals surface area (Å²) in [6.45, 7) is 12.4. The van der Waals surface area contributed by atoms with E-state index in [2.05, 4.69) is 31.0 Å². The van der Waals surface area contributed by atoms with Gasteiger partial charge in [-0.05, 0) is 58.7 Å². The summed E-state index contributed by atoms with van der Waals surface area (Å²) in [5, 5.41) is 3.48. The SMILES string of the molecule is CCNCC1CCN(C2CCOC(C)(C)C2)C1. The molecule has 2 rings (SSSR count). The van der Waals surface area contributed by atoms with E-state index in [-0.39, 0.29) is 5.60 Å². The fourth-order valence-corrected chi connectivity index (χ4v) is 3.22. The molecule has 2 atom stereocenters. The summed E-state index contributed by atoms with van der Waals surface area (Å²) < 4.78 is 5.81. The van der Waals surface area contributed by atoms with Gasteiger partial charge in [-0.1, -0.05) is 6.92 Å². The van der Waals surface area contributed by atoms with E-state index in [0.29, 0.717) is 0 Å². The smallest absolute Gasteiger partial charge is 0.0641 e. The lowest BCUT2D eigenvalue weighted by Crippen LogP contribution is -2.45. The maximum atomic E-state index is 5.81. The summed E-state index contributed by atoms with van der Waals surface area (Å²) in [4.78, 5) is 2.70. The standard InChI is InChI=1S/C14H28N2O/c1-4-15-10-12-5-7-16(11-12)13-6-8-17-14(2,3)9-13/h12-13,15H,4-11H2,1-3H3. The van der Waals surface area contributed by atoms with Crippen LogP contribution in [0.4, 0.5) is 0 Å². The highest BCUT2D eigenvalue weighted by atomic mass is 16.5. The zero-order valence-electron chi connectivity index (χ0n) is 11.7. The quantitative estimate of drug-likeness (QED) is 0.812. The predicted octanol–water partition coefficient (Wildman–Crippen LogP) is 1.88. The molecule has 0 aromatic heterocycles. The highest BCUT2D eigenvalue weighted by Gasteiger charge is 2.35. The van der Waals surface area contributed by atoms with E-state index < -0.39 is 0 Å². The van der Waals surface area contributed by atoms with Gasteiger partial charge in [0, 0.05) is 19.2 Å². The topological polar surface area (TPSA) is 24.5 Å². The summed E-state index contributed by atoms with van der Waals surface area (Å²) in [5.41, 5.74) is 0.0860. The molecule has 17 heavy (non-hydrogen) atoms. The second-order valence-corrected chi connectivity index (χ2v) is 6.21. The molecule has 2 fully saturated rings. The van der Waals surface area contributed by atoms with Crippen LogP contribution in [0.2, 0.25) is 0 Å². The van der Waals surface area contributed by atoms with Crippen molar-refractivity contribution in [1.29, 1.82) is 0 Å². The fraction of sp³-hybridized carbons (Fsp3) is 1.00. The lowest BCUT2D eigenvalue weighted by molar-refractivity contribution is -0.0806. The Morgan fingerprint density at radius 3 is 2.88 bits per heavy atom. The first-order chi connectivity index (χ1) is 8.11. The zero-order valence-corrected chi connectivity index (χ0v) is 11.7. The molecule has 0 saturated carbocycles. The van der Waals surface area contributed by atoms with E-state index in [9.17, 15) is 0 Å². The van der Waals surface area contributed by atoms with Gasteiger partial charge >= 0.3 is 0 Å². The fourth-order valence-electron chi connectivity index (χ4n) is 3.22. The Hall–Kier alpha value is -0.120. The van der Waals surface area contributed by atoms with Crippen LogP contribution in [0.15, 0.2) is 0 Å².